The Bertz CT molecular complexity index is 1140. The Balaban J connectivity index is 1.64. The highest BCUT2D eigenvalue weighted by atomic mass is 32.2. The van der Waals surface area contributed by atoms with Gasteiger partial charge in [0.05, 0.1) is 11.4 Å². The number of nitrogens with zero attached hydrogens (tertiary/aromatic N) is 1. The number of amides is 1. The predicted molar refractivity (Wildman–Crippen MR) is 121 cm³/mol. The van der Waals surface area contributed by atoms with E-state index in [-0.39, 0.29) is 11.8 Å². The Labute approximate surface area is 183 Å². The van der Waals surface area contributed by atoms with E-state index in [4.69, 9.17) is 4.42 Å². The molecule has 31 heavy (non-hydrogen) atoms. The molecule has 0 saturated carbocycles. The molecule has 6 nitrogen and oxygen atoms in total. The molecule has 1 aromatic heterocycles. The maximum atomic E-state index is 12.7. The molecule has 3 aromatic rings. The van der Waals surface area contributed by atoms with Crippen molar-refractivity contribution in [2.75, 3.05) is 5.75 Å². The molecule has 3 rings (SSSR count). The molecule has 0 fully saturated rings. The molecule has 0 aliphatic rings. The average molecular weight is 441 g/mol. The molecule has 0 spiro atoms. The molecule has 2 aromatic carbocycles. The molecular formula is C24H28N2O4S. The molecule has 164 valence electrons. The summed E-state index contributed by atoms with van der Waals surface area (Å²) in [5, 5.41) is 2.85. The Morgan fingerprint density at radius 1 is 1.06 bits per heavy atom. The van der Waals surface area contributed by atoms with Crippen LogP contribution in [0.5, 0.6) is 0 Å². The van der Waals surface area contributed by atoms with Crippen molar-refractivity contribution in [1.29, 1.82) is 0 Å². The van der Waals surface area contributed by atoms with Crippen molar-refractivity contribution in [3.63, 3.8) is 0 Å². The minimum atomic E-state index is -3.70. The zero-order chi connectivity index (χ0) is 22.4. The van der Waals surface area contributed by atoms with E-state index in [1.807, 2.05) is 68.4 Å². The van der Waals surface area contributed by atoms with Crippen molar-refractivity contribution in [1.82, 2.24) is 10.3 Å². The van der Waals surface area contributed by atoms with Crippen LogP contribution in [-0.4, -0.2) is 31.1 Å². The van der Waals surface area contributed by atoms with Gasteiger partial charge in [0.15, 0.2) is 9.84 Å². The van der Waals surface area contributed by atoms with E-state index in [9.17, 15) is 13.2 Å². The van der Waals surface area contributed by atoms with Crippen molar-refractivity contribution in [2.45, 2.75) is 45.4 Å². The Hall–Kier alpha value is -2.93. The summed E-state index contributed by atoms with van der Waals surface area (Å²) >= 11 is 0. The summed E-state index contributed by atoms with van der Waals surface area (Å²) < 4.78 is 31.0. The second-order valence-corrected chi connectivity index (χ2v) is 9.80. The van der Waals surface area contributed by atoms with Crippen LogP contribution in [0.2, 0.25) is 0 Å². The first-order chi connectivity index (χ1) is 14.8. The molecule has 1 amide bonds. The van der Waals surface area contributed by atoms with Crippen LogP contribution in [0.4, 0.5) is 0 Å². The summed E-state index contributed by atoms with van der Waals surface area (Å²) in [5.74, 6) is -0.582. The van der Waals surface area contributed by atoms with Gasteiger partial charge in [-0.05, 0) is 43.9 Å². The van der Waals surface area contributed by atoms with Crippen molar-refractivity contribution in [3.8, 4) is 11.5 Å². The minimum absolute atomic E-state index is 0.119. The maximum absolute atomic E-state index is 12.7. The zero-order valence-electron chi connectivity index (χ0n) is 18.1. The topological polar surface area (TPSA) is 89.3 Å². The fourth-order valence-corrected chi connectivity index (χ4v) is 4.68. The van der Waals surface area contributed by atoms with Crippen LogP contribution in [0.1, 0.15) is 35.9 Å². The lowest BCUT2D eigenvalue weighted by Crippen LogP contribution is -2.39. The molecule has 0 bridgehead atoms. The van der Waals surface area contributed by atoms with Gasteiger partial charge >= 0.3 is 0 Å². The van der Waals surface area contributed by atoms with Gasteiger partial charge < -0.3 is 9.73 Å². The fourth-order valence-electron chi connectivity index (χ4n) is 3.41. The lowest BCUT2D eigenvalue weighted by Gasteiger charge is -2.17. The summed E-state index contributed by atoms with van der Waals surface area (Å²) in [6, 6.07) is 17.3. The molecule has 0 radical (unpaired) electrons. The van der Waals surface area contributed by atoms with Crippen LogP contribution in [0, 0.1) is 13.8 Å². The summed E-state index contributed by atoms with van der Waals surface area (Å²) in [7, 11) is -3.70. The summed E-state index contributed by atoms with van der Waals surface area (Å²) in [5.41, 5.74) is 3.24. The molecular weight excluding hydrogens is 412 g/mol. The summed E-state index contributed by atoms with van der Waals surface area (Å²) in [6.45, 7) is 5.59. The third kappa shape index (κ3) is 6.28. The van der Waals surface area contributed by atoms with Crippen molar-refractivity contribution in [3.05, 3.63) is 77.2 Å². The van der Waals surface area contributed by atoms with Gasteiger partial charge in [-0.15, -0.1) is 0 Å². The molecule has 0 aliphatic carbocycles. The van der Waals surface area contributed by atoms with Gasteiger partial charge in [0.1, 0.15) is 11.5 Å². The molecule has 0 saturated heterocycles. The second kappa shape index (κ2) is 9.92. The number of rotatable bonds is 9. The number of carbonyl (C=O) groups excluding carboxylic acids is 1. The average Bonchev–Trinajstić information content (AvgIpc) is 3.07. The fraction of sp³-hybridized carbons (Fsp3) is 0.333. The molecule has 1 unspecified atom stereocenters. The van der Waals surface area contributed by atoms with Crippen LogP contribution in [0.25, 0.3) is 11.5 Å². The van der Waals surface area contributed by atoms with Gasteiger partial charge in [0.2, 0.25) is 11.8 Å². The largest absolute Gasteiger partial charge is 0.441 e. The first-order valence-corrected chi connectivity index (χ1v) is 12.2. The van der Waals surface area contributed by atoms with Crippen LogP contribution in [0.15, 0.2) is 59.0 Å². The van der Waals surface area contributed by atoms with E-state index in [1.165, 1.54) is 0 Å². The number of hydrogen-bond donors (Lipinski definition) is 1. The van der Waals surface area contributed by atoms with Gasteiger partial charge in [-0.3, -0.25) is 4.79 Å². The minimum Gasteiger partial charge on any atom is -0.441 e. The van der Waals surface area contributed by atoms with Gasteiger partial charge in [-0.1, -0.05) is 55.5 Å². The number of carbonyl (C=O) groups is 1. The standard InChI is InChI=1S/C24H28N2O4S/c1-4-20(14-19-11-6-5-7-12-19)25-23(27)16-31(28,29)15-22-18(3)30-24(26-22)21-13-9-8-10-17(21)2/h5-13,20H,4,14-16H2,1-3H3,(H,25,27). The predicted octanol–water partition coefficient (Wildman–Crippen LogP) is 4.01. The number of hydrogen-bond acceptors (Lipinski definition) is 5. The monoisotopic (exact) mass is 440 g/mol. The maximum Gasteiger partial charge on any atom is 0.235 e. The highest BCUT2D eigenvalue weighted by molar-refractivity contribution is 7.91. The normalized spacial score (nSPS) is 12.5. The number of aromatic nitrogens is 1. The third-order valence-corrected chi connectivity index (χ3v) is 6.57. The molecule has 1 N–H and O–H groups in total. The Morgan fingerprint density at radius 2 is 1.74 bits per heavy atom. The van der Waals surface area contributed by atoms with Gasteiger partial charge in [0.25, 0.3) is 0 Å². The zero-order valence-corrected chi connectivity index (χ0v) is 18.9. The van der Waals surface area contributed by atoms with E-state index < -0.39 is 21.5 Å². The molecule has 0 aliphatic heterocycles. The number of aryl methyl sites for hydroxylation is 2. The van der Waals surface area contributed by atoms with E-state index in [1.54, 1.807) is 6.92 Å². The van der Waals surface area contributed by atoms with E-state index in [0.29, 0.717) is 30.2 Å². The van der Waals surface area contributed by atoms with Gasteiger partial charge in [-0.2, -0.15) is 0 Å². The number of benzene rings is 2. The third-order valence-electron chi connectivity index (χ3n) is 5.16. The quantitative estimate of drug-likeness (QED) is 0.543. The molecule has 1 heterocycles. The van der Waals surface area contributed by atoms with Crippen LogP contribution in [0.3, 0.4) is 0 Å². The summed E-state index contributed by atoms with van der Waals surface area (Å²) in [6.07, 6.45) is 1.37. The highest BCUT2D eigenvalue weighted by Gasteiger charge is 2.23. The first-order valence-electron chi connectivity index (χ1n) is 10.3. The van der Waals surface area contributed by atoms with Crippen LogP contribution < -0.4 is 5.32 Å². The second-order valence-electron chi connectivity index (χ2n) is 7.73. The van der Waals surface area contributed by atoms with Gasteiger partial charge in [0, 0.05) is 11.6 Å². The van der Waals surface area contributed by atoms with Crippen molar-refractivity contribution in [2.24, 2.45) is 0 Å². The molecule has 1 atom stereocenters. The number of nitrogens with one attached hydrogen (secondary N) is 1. The van der Waals surface area contributed by atoms with Crippen LogP contribution >= 0.6 is 0 Å². The van der Waals surface area contributed by atoms with E-state index in [0.717, 1.165) is 16.7 Å². The number of oxazole rings is 1. The van der Waals surface area contributed by atoms with Crippen molar-refractivity contribution < 1.29 is 17.6 Å². The first kappa shape index (κ1) is 22.7. The van der Waals surface area contributed by atoms with Crippen molar-refractivity contribution >= 4 is 15.7 Å². The molecule has 7 heteroatoms. The van der Waals surface area contributed by atoms with Gasteiger partial charge in [-0.25, -0.2) is 13.4 Å². The summed E-state index contributed by atoms with van der Waals surface area (Å²) in [4.78, 5) is 16.8. The van der Waals surface area contributed by atoms with Crippen LogP contribution in [-0.2, 0) is 26.8 Å². The highest BCUT2D eigenvalue weighted by Crippen LogP contribution is 2.25. The Morgan fingerprint density at radius 3 is 2.42 bits per heavy atom. The lowest BCUT2D eigenvalue weighted by molar-refractivity contribution is -0.119. The van der Waals surface area contributed by atoms with E-state index >= 15 is 0 Å². The SMILES string of the molecule is CCC(Cc1ccccc1)NC(=O)CS(=O)(=O)Cc1nc(-c2ccccc2C)oc1C. The Kier molecular flexibility index (Phi) is 7.28. The lowest BCUT2D eigenvalue weighted by atomic mass is 10.0. The number of sulfone groups is 1. The van der Waals surface area contributed by atoms with E-state index in [2.05, 4.69) is 10.3 Å². The smallest absolute Gasteiger partial charge is 0.235 e.